The molecule has 32 heavy (non-hydrogen) atoms. The molecule has 0 spiro atoms. The molecule has 0 aliphatic carbocycles. The van der Waals surface area contributed by atoms with E-state index in [-0.39, 0.29) is 5.82 Å². The molecule has 5 heterocycles. The second-order valence-electron chi connectivity index (χ2n) is 8.12. The van der Waals surface area contributed by atoms with Crippen LogP contribution in [0.3, 0.4) is 0 Å². The third kappa shape index (κ3) is 3.76. The summed E-state index contributed by atoms with van der Waals surface area (Å²) in [5, 5.41) is 19.3. The lowest BCUT2D eigenvalue weighted by atomic mass is 10.1. The van der Waals surface area contributed by atoms with Crippen molar-refractivity contribution in [3.63, 3.8) is 0 Å². The molecule has 1 aliphatic rings. The highest BCUT2D eigenvalue weighted by Gasteiger charge is 2.23. The summed E-state index contributed by atoms with van der Waals surface area (Å²) >= 11 is 1.39. The minimum atomic E-state index is -0.383. The quantitative estimate of drug-likeness (QED) is 0.464. The average Bonchev–Trinajstić information content (AvgIpc) is 3.38. The molecule has 0 N–H and O–H groups in total. The molecule has 1 aliphatic heterocycles. The molecule has 4 aromatic rings. The molecule has 0 unspecified atom stereocenters. The highest BCUT2D eigenvalue weighted by Crippen LogP contribution is 2.36. The molecular weight excluding hydrogens is 425 g/mol. The molecular formula is C23H22FN7S. The van der Waals surface area contributed by atoms with E-state index >= 15 is 0 Å². The first-order chi connectivity index (χ1) is 15.5. The number of hydrogen-bond donors (Lipinski definition) is 0. The van der Waals surface area contributed by atoms with Gasteiger partial charge in [0.1, 0.15) is 16.9 Å². The molecule has 0 saturated carbocycles. The first-order valence-electron chi connectivity index (χ1n) is 10.5. The van der Waals surface area contributed by atoms with E-state index in [9.17, 15) is 9.65 Å². The van der Waals surface area contributed by atoms with Crippen LogP contribution in [0.1, 0.15) is 30.1 Å². The van der Waals surface area contributed by atoms with Crippen molar-refractivity contribution < 1.29 is 4.39 Å². The second kappa shape index (κ2) is 8.37. The summed E-state index contributed by atoms with van der Waals surface area (Å²) in [7, 11) is 2.15. The maximum Gasteiger partial charge on any atom is 0.141 e. The standard InChI is InChI=1S/C23H22FN7S/c1-15-20(12-28-31(15)19-4-3-7-29(2)14-19)16-8-21(32-22-6-5-18(24)11-26-22)23-17(9-25)10-27-30(23)13-16/h5-6,8,10-13,19H,3-4,7,14H2,1-2H3/t19-/m0/s1. The number of likely N-dealkylation sites (N-methyl/N-ethyl adjacent to an activating group) is 1. The summed E-state index contributed by atoms with van der Waals surface area (Å²) in [6, 6.07) is 7.62. The third-order valence-electron chi connectivity index (χ3n) is 5.91. The van der Waals surface area contributed by atoms with Crippen LogP contribution in [-0.4, -0.2) is 49.4 Å². The largest absolute Gasteiger partial charge is 0.304 e. The van der Waals surface area contributed by atoms with Gasteiger partial charge >= 0.3 is 0 Å². The maximum atomic E-state index is 13.3. The predicted molar refractivity (Wildman–Crippen MR) is 120 cm³/mol. The smallest absolute Gasteiger partial charge is 0.141 e. The van der Waals surface area contributed by atoms with Crippen molar-refractivity contribution >= 4 is 17.3 Å². The third-order valence-corrected chi connectivity index (χ3v) is 6.89. The monoisotopic (exact) mass is 447 g/mol. The molecule has 5 rings (SSSR count). The number of halogens is 1. The molecule has 0 aromatic carbocycles. The lowest BCUT2D eigenvalue weighted by Gasteiger charge is -2.30. The van der Waals surface area contributed by atoms with Gasteiger partial charge in [0.05, 0.1) is 35.7 Å². The Morgan fingerprint density at radius 2 is 2.09 bits per heavy atom. The summed E-state index contributed by atoms with van der Waals surface area (Å²) in [4.78, 5) is 7.35. The summed E-state index contributed by atoms with van der Waals surface area (Å²) < 4.78 is 17.2. The van der Waals surface area contributed by atoms with Crippen LogP contribution in [0.4, 0.5) is 4.39 Å². The normalized spacial score (nSPS) is 17.0. The summed E-state index contributed by atoms with van der Waals surface area (Å²) in [5.41, 5.74) is 4.30. The van der Waals surface area contributed by atoms with Crippen molar-refractivity contribution in [2.24, 2.45) is 0 Å². The van der Waals surface area contributed by atoms with Crippen molar-refractivity contribution in [1.82, 2.24) is 29.3 Å². The van der Waals surface area contributed by atoms with E-state index in [1.54, 1.807) is 16.8 Å². The number of hydrogen-bond acceptors (Lipinski definition) is 6. The molecule has 9 heteroatoms. The van der Waals surface area contributed by atoms with Gasteiger partial charge in [-0.3, -0.25) is 4.68 Å². The van der Waals surface area contributed by atoms with Gasteiger partial charge in [-0.2, -0.15) is 15.5 Å². The Morgan fingerprint density at radius 1 is 1.22 bits per heavy atom. The van der Waals surface area contributed by atoms with Crippen LogP contribution in [0, 0.1) is 24.1 Å². The zero-order valence-corrected chi connectivity index (χ0v) is 18.7. The zero-order chi connectivity index (χ0) is 22.2. The SMILES string of the molecule is Cc1c(-c2cc(Sc3ccc(F)cn3)c3c(C#N)cnn3c2)cnn1[C@H]1CCCN(C)C1. The van der Waals surface area contributed by atoms with Crippen LogP contribution in [-0.2, 0) is 0 Å². The van der Waals surface area contributed by atoms with E-state index in [0.29, 0.717) is 22.1 Å². The van der Waals surface area contributed by atoms with E-state index in [1.807, 2.05) is 18.5 Å². The fourth-order valence-electron chi connectivity index (χ4n) is 4.34. The Kier molecular flexibility index (Phi) is 5.41. The molecule has 4 aromatic heterocycles. The molecule has 1 fully saturated rings. The van der Waals surface area contributed by atoms with E-state index in [4.69, 9.17) is 5.10 Å². The van der Waals surface area contributed by atoms with Gasteiger partial charge in [-0.05, 0) is 51.6 Å². The number of piperidine rings is 1. The number of nitrogens with zero attached hydrogens (tertiary/aromatic N) is 7. The lowest BCUT2D eigenvalue weighted by molar-refractivity contribution is 0.201. The Hall–Kier alpha value is -3.22. The topological polar surface area (TPSA) is 75.0 Å². The van der Waals surface area contributed by atoms with Gasteiger partial charge in [0, 0.05) is 34.5 Å². The summed E-state index contributed by atoms with van der Waals surface area (Å²) in [6.07, 6.45) is 8.88. The molecule has 7 nitrogen and oxygen atoms in total. The van der Waals surface area contributed by atoms with Crippen molar-refractivity contribution in [3.05, 3.63) is 60.1 Å². The fraction of sp³-hybridized carbons (Fsp3) is 0.304. The average molecular weight is 448 g/mol. The Bertz CT molecular complexity index is 1320. The molecule has 0 amide bonds. The molecule has 0 radical (unpaired) electrons. The van der Waals surface area contributed by atoms with Gasteiger partial charge in [0.15, 0.2) is 0 Å². The minimum Gasteiger partial charge on any atom is -0.304 e. The lowest BCUT2D eigenvalue weighted by Crippen LogP contribution is -2.34. The first-order valence-corrected chi connectivity index (χ1v) is 11.3. The van der Waals surface area contributed by atoms with Crippen molar-refractivity contribution in [3.8, 4) is 17.2 Å². The van der Waals surface area contributed by atoms with E-state index in [1.165, 1.54) is 24.0 Å². The number of fused-ring (bicyclic) bond motifs is 1. The number of nitriles is 1. The molecule has 1 saturated heterocycles. The fourth-order valence-corrected chi connectivity index (χ4v) is 5.29. The Labute approximate surface area is 189 Å². The van der Waals surface area contributed by atoms with Crippen molar-refractivity contribution in [2.75, 3.05) is 20.1 Å². The van der Waals surface area contributed by atoms with E-state index in [2.05, 4.69) is 39.7 Å². The number of aromatic nitrogens is 5. The summed E-state index contributed by atoms with van der Waals surface area (Å²) in [5.74, 6) is -0.383. The van der Waals surface area contributed by atoms with E-state index < -0.39 is 0 Å². The molecule has 1 atom stereocenters. The van der Waals surface area contributed by atoms with Gasteiger partial charge in [0.2, 0.25) is 0 Å². The summed E-state index contributed by atoms with van der Waals surface area (Å²) in [6.45, 7) is 4.21. The zero-order valence-electron chi connectivity index (χ0n) is 17.9. The Morgan fingerprint density at radius 3 is 2.84 bits per heavy atom. The number of pyridine rings is 2. The van der Waals surface area contributed by atoms with E-state index in [0.717, 1.165) is 47.6 Å². The van der Waals surface area contributed by atoms with Crippen LogP contribution in [0.2, 0.25) is 0 Å². The van der Waals surface area contributed by atoms with Gasteiger partial charge in [0.25, 0.3) is 0 Å². The van der Waals surface area contributed by atoms with Gasteiger partial charge in [-0.1, -0.05) is 11.8 Å². The van der Waals surface area contributed by atoms with Crippen LogP contribution in [0.25, 0.3) is 16.6 Å². The first kappa shape index (κ1) is 20.7. The number of rotatable bonds is 4. The Balaban J connectivity index is 1.58. The highest BCUT2D eigenvalue weighted by molar-refractivity contribution is 7.99. The van der Waals surface area contributed by atoms with Gasteiger partial charge in [-0.15, -0.1) is 0 Å². The van der Waals surface area contributed by atoms with Crippen molar-refractivity contribution in [2.45, 2.75) is 35.7 Å². The van der Waals surface area contributed by atoms with Crippen molar-refractivity contribution in [1.29, 1.82) is 5.26 Å². The molecule has 162 valence electrons. The van der Waals surface area contributed by atoms with Crippen LogP contribution in [0.15, 0.2) is 52.9 Å². The molecule has 0 bridgehead atoms. The highest BCUT2D eigenvalue weighted by atomic mass is 32.2. The van der Waals surface area contributed by atoms with Crippen LogP contribution >= 0.6 is 11.8 Å². The van der Waals surface area contributed by atoms with Crippen LogP contribution in [0.5, 0.6) is 0 Å². The maximum absolute atomic E-state index is 13.3. The second-order valence-corrected chi connectivity index (χ2v) is 9.18. The van der Waals surface area contributed by atoms with Gasteiger partial charge in [-0.25, -0.2) is 13.9 Å². The number of likely N-dealkylation sites (tertiary alicyclic amines) is 1. The minimum absolute atomic E-state index is 0.360. The van der Waals surface area contributed by atoms with Gasteiger partial charge < -0.3 is 4.90 Å². The predicted octanol–water partition coefficient (Wildman–Crippen LogP) is 4.33. The van der Waals surface area contributed by atoms with Crippen LogP contribution < -0.4 is 0 Å².